The van der Waals surface area contributed by atoms with Crippen LogP contribution in [0.5, 0.6) is 5.75 Å². The van der Waals surface area contributed by atoms with Gasteiger partial charge >= 0.3 is 5.97 Å². The number of fused-ring (bicyclic) bond motifs is 1. The van der Waals surface area contributed by atoms with Crippen molar-refractivity contribution in [2.75, 3.05) is 7.11 Å². The van der Waals surface area contributed by atoms with Gasteiger partial charge in [0.25, 0.3) is 0 Å². The molecule has 2 aromatic heterocycles. The number of nitrogens with zero attached hydrogens (tertiary/aromatic N) is 1. The molecule has 0 aliphatic carbocycles. The summed E-state index contributed by atoms with van der Waals surface area (Å²) in [5.41, 5.74) is 0.566. The highest BCUT2D eigenvalue weighted by atomic mass is 32.1. The molecular formula is C13H9NO4S. The molecule has 0 saturated heterocycles. The Morgan fingerprint density at radius 2 is 2.26 bits per heavy atom. The first-order valence-corrected chi connectivity index (χ1v) is 6.33. The second kappa shape index (κ2) is 4.40. The predicted octanol–water partition coefficient (Wildman–Crippen LogP) is 3.26. The Morgan fingerprint density at radius 3 is 2.95 bits per heavy atom. The summed E-state index contributed by atoms with van der Waals surface area (Å²) in [5, 5.41) is 15.3. The molecule has 0 fully saturated rings. The fourth-order valence-corrected chi connectivity index (χ4v) is 2.72. The van der Waals surface area contributed by atoms with E-state index in [9.17, 15) is 4.79 Å². The van der Waals surface area contributed by atoms with E-state index in [2.05, 4.69) is 5.16 Å². The van der Waals surface area contributed by atoms with Crippen molar-refractivity contribution < 1.29 is 19.2 Å². The van der Waals surface area contributed by atoms with Crippen LogP contribution in [-0.4, -0.2) is 23.3 Å². The van der Waals surface area contributed by atoms with Gasteiger partial charge in [0.2, 0.25) is 0 Å². The lowest BCUT2D eigenvalue weighted by Crippen LogP contribution is -1.94. The normalized spacial score (nSPS) is 10.8. The number of carbonyl (C=O) groups is 1. The molecule has 0 radical (unpaired) electrons. The lowest BCUT2D eigenvalue weighted by atomic mass is 10.1. The maximum Gasteiger partial charge on any atom is 0.358 e. The van der Waals surface area contributed by atoms with Gasteiger partial charge in [-0.3, -0.25) is 0 Å². The first-order chi connectivity index (χ1) is 9.20. The molecular weight excluding hydrogens is 266 g/mol. The number of hydrogen-bond acceptors (Lipinski definition) is 5. The quantitative estimate of drug-likeness (QED) is 0.794. The lowest BCUT2D eigenvalue weighted by Gasteiger charge is -2.06. The van der Waals surface area contributed by atoms with Crippen molar-refractivity contribution in [2.45, 2.75) is 0 Å². The monoisotopic (exact) mass is 275 g/mol. The lowest BCUT2D eigenvalue weighted by molar-refractivity contribution is 0.0686. The fourth-order valence-electron chi connectivity index (χ4n) is 1.93. The van der Waals surface area contributed by atoms with Crippen LogP contribution in [0, 0.1) is 0 Å². The molecule has 0 aliphatic rings. The molecule has 1 aromatic carbocycles. The number of rotatable bonds is 3. The minimum Gasteiger partial charge on any atom is -0.495 e. The van der Waals surface area contributed by atoms with E-state index in [1.807, 2.05) is 23.6 Å². The molecule has 0 spiro atoms. The number of aromatic carboxylic acids is 1. The molecule has 0 saturated carbocycles. The highest BCUT2D eigenvalue weighted by Gasteiger charge is 2.17. The molecule has 0 unspecified atom stereocenters. The third-order valence-electron chi connectivity index (χ3n) is 2.78. The molecule has 2 heterocycles. The molecule has 96 valence electrons. The largest absolute Gasteiger partial charge is 0.495 e. The van der Waals surface area contributed by atoms with Crippen LogP contribution in [0.2, 0.25) is 0 Å². The molecule has 3 aromatic rings. The van der Waals surface area contributed by atoms with Gasteiger partial charge in [0.1, 0.15) is 5.75 Å². The van der Waals surface area contributed by atoms with Crippen LogP contribution in [0.4, 0.5) is 0 Å². The SMILES string of the molecule is COc1c(-c2cc(C(=O)O)no2)ccc2sccc12. The van der Waals surface area contributed by atoms with Gasteiger partial charge in [0.15, 0.2) is 11.5 Å². The Hall–Kier alpha value is -2.34. The van der Waals surface area contributed by atoms with E-state index in [1.165, 1.54) is 6.07 Å². The molecule has 0 amide bonds. The molecule has 6 heteroatoms. The number of carboxylic acid groups (broad SMARTS) is 1. The second-order valence-corrected chi connectivity index (χ2v) is 4.81. The number of benzene rings is 1. The minimum atomic E-state index is -1.12. The highest BCUT2D eigenvalue weighted by molar-refractivity contribution is 7.17. The second-order valence-electron chi connectivity index (χ2n) is 3.86. The molecule has 0 atom stereocenters. The van der Waals surface area contributed by atoms with Crippen LogP contribution in [0.15, 0.2) is 34.2 Å². The summed E-state index contributed by atoms with van der Waals surface area (Å²) in [7, 11) is 1.57. The van der Waals surface area contributed by atoms with E-state index < -0.39 is 5.97 Å². The first kappa shape index (κ1) is 11.7. The Kier molecular flexibility index (Phi) is 2.72. The first-order valence-electron chi connectivity index (χ1n) is 5.45. The van der Waals surface area contributed by atoms with Gasteiger partial charge in [0, 0.05) is 16.2 Å². The number of ether oxygens (including phenoxy) is 1. The molecule has 0 aliphatic heterocycles. The smallest absolute Gasteiger partial charge is 0.358 e. The van der Waals surface area contributed by atoms with Crippen LogP contribution < -0.4 is 4.74 Å². The van der Waals surface area contributed by atoms with Gasteiger partial charge in [-0.2, -0.15) is 0 Å². The van der Waals surface area contributed by atoms with Gasteiger partial charge in [-0.1, -0.05) is 5.16 Å². The van der Waals surface area contributed by atoms with E-state index in [0.29, 0.717) is 17.1 Å². The minimum absolute atomic E-state index is 0.123. The van der Waals surface area contributed by atoms with Crippen LogP contribution in [-0.2, 0) is 0 Å². The van der Waals surface area contributed by atoms with Crippen molar-refractivity contribution in [3.63, 3.8) is 0 Å². The van der Waals surface area contributed by atoms with Crippen molar-refractivity contribution in [3.8, 4) is 17.1 Å². The van der Waals surface area contributed by atoms with E-state index in [-0.39, 0.29) is 5.69 Å². The van der Waals surface area contributed by atoms with E-state index in [4.69, 9.17) is 14.4 Å². The summed E-state index contributed by atoms with van der Waals surface area (Å²) in [6, 6.07) is 7.12. The number of carboxylic acids is 1. The van der Waals surface area contributed by atoms with Crippen molar-refractivity contribution in [1.82, 2.24) is 5.16 Å². The van der Waals surface area contributed by atoms with Crippen molar-refractivity contribution in [2.24, 2.45) is 0 Å². The Balaban J connectivity index is 2.20. The molecule has 1 N–H and O–H groups in total. The van der Waals surface area contributed by atoms with Gasteiger partial charge in [0.05, 0.1) is 12.7 Å². The standard InChI is InChI=1S/C13H9NO4S/c1-17-12-7(2-3-11-8(12)4-5-19-11)10-6-9(13(15)16)14-18-10/h2-6H,1H3,(H,15,16). The Labute approximate surface area is 112 Å². The topological polar surface area (TPSA) is 72.6 Å². The predicted molar refractivity (Wildman–Crippen MR) is 70.8 cm³/mol. The van der Waals surface area contributed by atoms with Gasteiger partial charge in [-0.25, -0.2) is 4.79 Å². The Bertz CT molecular complexity index is 759. The molecule has 5 nitrogen and oxygen atoms in total. The molecule has 19 heavy (non-hydrogen) atoms. The van der Waals surface area contributed by atoms with Gasteiger partial charge in [-0.15, -0.1) is 11.3 Å². The maximum absolute atomic E-state index is 10.8. The van der Waals surface area contributed by atoms with E-state index in [0.717, 1.165) is 10.1 Å². The fraction of sp³-hybridized carbons (Fsp3) is 0.0769. The van der Waals surface area contributed by atoms with Gasteiger partial charge < -0.3 is 14.4 Å². The number of thiophene rings is 1. The number of methoxy groups -OCH3 is 1. The van der Waals surface area contributed by atoms with E-state index in [1.54, 1.807) is 18.4 Å². The van der Waals surface area contributed by atoms with E-state index >= 15 is 0 Å². The summed E-state index contributed by atoms with van der Waals surface area (Å²) in [6.45, 7) is 0. The van der Waals surface area contributed by atoms with Crippen molar-refractivity contribution in [3.05, 3.63) is 35.3 Å². The van der Waals surface area contributed by atoms with Crippen molar-refractivity contribution >= 4 is 27.4 Å². The summed E-state index contributed by atoms with van der Waals surface area (Å²) in [6.07, 6.45) is 0. The zero-order valence-electron chi connectivity index (χ0n) is 9.91. The Morgan fingerprint density at radius 1 is 1.42 bits per heavy atom. The number of aromatic nitrogens is 1. The summed E-state index contributed by atoms with van der Waals surface area (Å²) >= 11 is 1.61. The average molecular weight is 275 g/mol. The zero-order valence-corrected chi connectivity index (χ0v) is 10.7. The van der Waals surface area contributed by atoms with Gasteiger partial charge in [-0.05, 0) is 23.6 Å². The summed E-state index contributed by atoms with van der Waals surface area (Å²) in [5.74, 6) is -0.0835. The molecule has 0 bridgehead atoms. The summed E-state index contributed by atoms with van der Waals surface area (Å²) in [4.78, 5) is 10.8. The third-order valence-corrected chi connectivity index (χ3v) is 3.67. The van der Waals surface area contributed by atoms with Crippen LogP contribution >= 0.6 is 11.3 Å². The third kappa shape index (κ3) is 1.86. The van der Waals surface area contributed by atoms with Crippen LogP contribution in [0.25, 0.3) is 21.4 Å². The zero-order chi connectivity index (χ0) is 13.4. The highest BCUT2D eigenvalue weighted by Crippen LogP contribution is 2.38. The number of hydrogen-bond donors (Lipinski definition) is 1. The van der Waals surface area contributed by atoms with Crippen LogP contribution in [0.3, 0.4) is 0 Å². The molecule has 3 rings (SSSR count). The average Bonchev–Trinajstić information content (AvgIpc) is 3.05. The summed E-state index contributed by atoms with van der Waals surface area (Å²) < 4.78 is 11.6. The maximum atomic E-state index is 10.8. The van der Waals surface area contributed by atoms with Crippen LogP contribution in [0.1, 0.15) is 10.5 Å². The van der Waals surface area contributed by atoms with Crippen molar-refractivity contribution in [1.29, 1.82) is 0 Å².